The van der Waals surface area contributed by atoms with E-state index in [2.05, 4.69) is 4.98 Å². The van der Waals surface area contributed by atoms with Crippen LogP contribution >= 0.6 is 0 Å². The van der Waals surface area contributed by atoms with Crippen molar-refractivity contribution in [3.8, 4) is 0 Å². The second kappa shape index (κ2) is 2.73. The lowest BCUT2D eigenvalue weighted by Crippen LogP contribution is -2.05. The van der Waals surface area contributed by atoms with Crippen molar-refractivity contribution in [2.24, 2.45) is 0 Å². The zero-order chi connectivity index (χ0) is 9.42. The van der Waals surface area contributed by atoms with Crippen LogP contribution in [-0.4, -0.2) is 16.1 Å². The van der Waals surface area contributed by atoms with Gasteiger partial charge in [0.2, 0.25) is 0 Å². The molecule has 1 aliphatic carbocycles. The van der Waals surface area contributed by atoms with Crippen molar-refractivity contribution in [1.82, 2.24) is 4.98 Å². The molecule has 0 saturated heterocycles. The summed E-state index contributed by atoms with van der Waals surface area (Å²) in [5, 5.41) is 8.87. The molecule has 1 aromatic heterocycles. The zero-order valence-electron chi connectivity index (χ0n) is 7.03. The average molecular weight is 178 g/mol. The van der Waals surface area contributed by atoms with Crippen LogP contribution in [0.1, 0.15) is 34.8 Å². The average Bonchev–Trinajstić information content (AvgIpc) is 2.87. The van der Waals surface area contributed by atoms with E-state index < -0.39 is 5.97 Å². The minimum absolute atomic E-state index is 0.252. The Hall–Kier alpha value is -1.58. The number of rotatable bonds is 2. The number of nitrogens with zero attached hydrogens (tertiary/aromatic N) is 1. The van der Waals surface area contributed by atoms with Gasteiger partial charge in [-0.1, -0.05) is 0 Å². The lowest BCUT2D eigenvalue weighted by atomic mass is 10.1. The van der Waals surface area contributed by atoms with Gasteiger partial charge in [0.15, 0.2) is 0 Å². The molecule has 1 aliphatic rings. The fourth-order valence-electron chi connectivity index (χ4n) is 1.34. The molecule has 0 spiro atoms. The standard InChI is InChI=1S/C9H10N2O2/c10-6-3-7(9(12)13)8(11-4-6)5-1-2-5/h3-5H,1-2,10H2,(H,12,13). The van der Waals surface area contributed by atoms with Gasteiger partial charge in [0.1, 0.15) is 0 Å². The summed E-state index contributed by atoms with van der Waals surface area (Å²) in [7, 11) is 0. The first-order valence-electron chi connectivity index (χ1n) is 4.17. The Morgan fingerprint density at radius 3 is 2.85 bits per heavy atom. The molecule has 0 unspecified atom stereocenters. The normalized spacial score (nSPS) is 15.7. The summed E-state index contributed by atoms with van der Waals surface area (Å²) in [6.07, 6.45) is 3.59. The third-order valence-electron chi connectivity index (χ3n) is 2.13. The number of carboxylic acids is 1. The Kier molecular flexibility index (Phi) is 1.69. The monoisotopic (exact) mass is 178 g/mol. The molecule has 1 aromatic rings. The molecule has 0 bridgehead atoms. The summed E-state index contributed by atoms with van der Waals surface area (Å²) in [6, 6.07) is 1.48. The number of aromatic carboxylic acids is 1. The second-order valence-corrected chi connectivity index (χ2v) is 3.28. The number of nitrogens with two attached hydrogens (primary N) is 1. The molecule has 13 heavy (non-hydrogen) atoms. The zero-order valence-corrected chi connectivity index (χ0v) is 7.03. The highest BCUT2D eigenvalue weighted by atomic mass is 16.4. The number of hydrogen-bond donors (Lipinski definition) is 2. The molecule has 4 nitrogen and oxygen atoms in total. The molecule has 0 radical (unpaired) electrons. The molecule has 0 aliphatic heterocycles. The van der Waals surface area contributed by atoms with Gasteiger partial charge in [0.05, 0.1) is 23.1 Å². The van der Waals surface area contributed by atoms with Gasteiger partial charge in [-0.2, -0.15) is 0 Å². The molecule has 0 atom stereocenters. The Morgan fingerprint density at radius 2 is 2.31 bits per heavy atom. The van der Waals surface area contributed by atoms with Crippen LogP contribution in [0.4, 0.5) is 5.69 Å². The molecule has 1 heterocycles. The smallest absolute Gasteiger partial charge is 0.337 e. The van der Waals surface area contributed by atoms with Crippen LogP contribution in [0.25, 0.3) is 0 Å². The lowest BCUT2D eigenvalue weighted by molar-refractivity contribution is 0.0695. The fraction of sp³-hybridized carbons (Fsp3) is 0.333. The Morgan fingerprint density at radius 1 is 1.62 bits per heavy atom. The summed E-state index contributed by atoms with van der Waals surface area (Å²) in [5.41, 5.74) is 6.80. The quantitative estimate of drug-likeness (QED) is 0.714. The third-order valence-corrected chi connectivity index (χ3v) is 2.13. The highest BCUT2D eigenvalue weighted by molar-refractivity contribution is 5.90. The van der Waals surface area contributed by atoms with E-state index >= 15 is 0 Å². The van der Waals surface area contributed by atoms with E-state index in [9.17, 15) is 4.79 Å². The highest BCUT2D eigenvalue weighted by Gasteiger charge is 2.29. The van der Waals surface area contributed by atoms with Gasteiger partial charge in [-0.25, -0.2) is 4.79 Å². The number of aromatic nitrogens is 1. The fourth-order valence-corrected chi connectivity index (χ4v) is 1.34. The van der Waals surface area contributed by atoms with Crippen molar-refractivity contribution in [1.29, 1.82) is 0 Å². The van der Waals surface area contributed by atoms with Gasteiger partial charge < -0.3 is 10.8 Å². The van der Waals surface area contributed by atoms with E-state index in [1.807, 2.05) is 0 Å². The summed E-state index contributed by atoms with van der Waals surface area (Å²) in [5.74, 6) is -0.603. The van der Waals surface area contributed by atoms with E-state index in [4.69, 9.17) is 10.8 Å². The first kappa shape index (κ1) is 8.04. The van der Waals surface area contributed by atoms with Crippen molar-refractivity contribution in [2.45, 2.75) is 18.8 Å². The number of hydrogen-bond acceptors (Lipinski definition) is 3. The summed E-state index contributed by atoms with van der Waals surface area (Å²) in [4.78, 5) is 14.9. The van der Waals surface area contributed by atoms with Gasteiger partial charge in [-0.15, -0.1) is 0 Å². The second-order valence-electron chi connectivity index (χ2n) is 3.28. The first-order valence-corrected chi connectivity index (χ1v) is 4.17. The predicted octanol–water partition coefficient (Wildman–Crippen LogP) is 1.24. The Labute approximate surface area is 75.4 Å². The predicted molar refractivity (Wildman–Crippen MR) is 47.6 cm³/mol. The number of carboxylic acid groups (broad SMARTS) is 1. The number of pyridine rings is 1. The van der Waals surface area contributed by atoms with Crippen molar-refractivity contribution in [2.75, 3.05) is 5.73 Å². The maximum absolute atomic E-state index is 10.8. The van der Waals surface area contributed by atoms with Crippen molar-refractivity contribution >= 4 is 11.7 Å². The van der Waals surface area contributed by atoms with Crippen LogP contribution in [0.2, 0.25) is 0 Å². The van der Waals surface area contributed by atoms with E-state index in [0.717, 1.165) is 12.8 Å². The molecule has 0 amide bonds. The van der Waals surface area contributed by atoms with Crippen LogP contribution in [0.3, 0.4) is 0 Å². The van der Waals surface area contributed by atoms with Gasteiger partial charge in [-0.3, -0.25) is 4.98 Å². The van der Waals surface area contributed by atoms with E-state index in [1.165, 1.54) is 12.3 Å². The molecule has 1 fully saturated rings. The first-order chi connectivity index (χ1) is 6.18. The van der Waals surface area contributed by atoms with Crippen LogP contribution in [0.5, 0.6) is 0 Å². The molecular formula is C9H10N2O2. The maximum atomic E-state index is 10.8. The van der Waals surface area contributed by atoms with Gasteiger partial charge in [0.25, 0.3) is 0 Å². The third kappa shape index (κ3) is 1.47. The maximum Gasteiger partial charge on any atom is 0.337 e. The van der Waals surface area contributed by atoms with Gasteiger partial charge in [0, 0.05) is 5.92 Å². The van der Waals surface area contributed by atoms with Gasteiger partial charge >= 0.3 is 5.97 Å². The minimum Gasteiger partial charge on any atom is -0.478 e. The van der Waals surface area contributed by atoms with Gasteiger partial charge in [-0.05, 0) is 18.9 Å². The largest absolute Gasteiger partial charge is 0.478 e. The number of carbonyl (C=O) groups is 1. The van der Waals surface area contributed by atoms with Crippen molar-refractivity contribution in [3.05, 3.63) is 23.5 Å². The van der Waals surface area contributed by atoms with Crippen LogP contribution in [0, 0.1) is 0 Å². The topological polar surface area (TPSA) is 76.2 Å². The molecule has 1 saturated carbocycles. The Bertz CT molecular complexity index is 359. The molecule has 3 N–H and O–H groups in total. The SMILES string of the molecule is Nc1cnc(C2CC2)c(C(=O)O)c1. The molecular weight excluding hydrogens is 168 g/mol. The van der Waals surface area contributed by atoms with Crippen molar-refractivity contribution < 1.29 is 9.90 Å². The van der Waals surface area contributed by atoms with Crippen molar-refractivity contribution in [3.63, 3.8) is 0 Å². The van der Waals surface area contributed by atoms with Crippen LogP contribution < -0.4 is 5.73 Å². The number of anilines is 1. The summed E-state index contributed by atoms with van der Waals surface area (Å²) >= 11 is 0. The van der Waals surface area contributed by atoms with E-state index in [0.29, 0.717) is 17.3 Å². The Balaban J connectivity index is 2.47. The number of nitrogen functional groups attached to an aromatic ring is 1. The molecule has 2 rings (SSSR count). The van der Waals surface area contributed by atoms with E-state index in [-0.39, 0.29) is 5.56 Å². The van der Waals surface area contributed by atoms with E-state index in [1.54, 1.807) is 0 Å². The lowest BCUT2D eigenvalue weighted by Gasteiger charge is -2.03. The summed E-state index contributed by atoms with van der Waals surface area (Å²) < 4.78 is 0. The summed E-state index contributed by atoms with van der Waals surface area (Å²) in [6.45, 7) is 0. The highest BCUT2D eigenvalue weighted by Crippen LogP contribution is 2.40. The minimum atomic E-state index is -0.943. The van der Waals surface area contributed by atoms with Crippen LogP contribution in [0.15, 0.2) is 12.3 Å². The van der Waals surface area contributed by atoms with Crippen LogP contribution in [-0.2, 0) is 0 Å². The molecule has 68 valence electrons. The molecule has 4 heteroatoms. The molecule has 0 aromatic carbocycles.